The SMILES string of the molecule is CN(CCS(C)(=O)=O)C1CCCCC1Br. The van der Waals surface area contributed by atoms with E-state index in [4.69, 9.17) is 0 Å². The third kappa shape index (κ3) is 4.83. The standard InChI is InChI=1S/C10H20BrNO2S/c1-12(7-8-15(2,13)14)10-6-4-3-5-9(10)11/h9-10H,3-8H2,1-2H3. The number of nitrogens with zero attached hydrogens (tertiary/aromatic N) is 1. The molecular weight excluding hydrogens is 278 g/mol. The maximum atomic E-state index is 11.1. The molecule has 0 heterocycles. The first kappa shape index (κ1) is 13.5. The zero-order valence-corrected chi connectivity index (χ0v) is 11.8. The minimum absolute atomic E-state index is 0.264. The zero-order valence-electron chi connectivity index (χ0n) is 9.45. The van der Waals surface area contributed by atoms with Gasteiger partial charge in [0.05, 0.1) is 5.75 Å². The Balaban J connectivity index is 2.41. The molecule has 0 radical (unpaired) electrons. The molecule has 5 heteroatoms. The summed E-state index contributed by atoms with van der Waals surface area (Å²) >= 11 is 3.68. The number of hydrogen-bond acceptors (Lipinski definition) is 3. The molecule has 0 aromatic rings. The third-order valence-corrected chi connectivity index (χ3v) is 5.02. The normalized spacial score (nSPS) is 28.3. The Hall–Kier alpha value is 0.390. The number of halogens is 1. The van der Waals surface area contributed by atoms with Crippen LogP contribution in [0.4, 0.5) is 0 Å². The number of alkyl halides is 1. The van der Waals surface area contributed by atoms with Gasteiger partial charge in [-0.2, -0.15) is 0 Å². The van der Waals surface area contributed by atoms with Crippen LogP contribution in [0.5, 0.6) is 0 Å². The summed E-state index contributed by atoms with van der Waals surface area (Å²) in [6.45, 7) is 0.644. The van der Waals surface area contributed by atoms with Crippen molar-refractivity contribution in [2.24, 2.45) is 0 Å². The van der Waals surface area contributed by atoms with Crippen LogP contribution in [0, 0.1) is 0 Å². The van der Waals surface area contributed by atoms with Crippen LogP contribution in [0.15, 0.2) is 0 Å². The van der Waals surface area contributed by atoms with Crippen molar-refractivity contribution in [2.75, 3.05) is 25.6 Å². The van der Waals surface area contributed by atoms with E-state index in [0.29, 0.717) is 17.4 Å². The smallest absolute Gasteiger partial charge is 0.148 e. The minimum atomic E-state index is -2.83. The van der Waals surface area contributed by atoms with Crippen LogP contribution in [-0.2, 0) is 9.84 Å². The van der Waals surface area contributed by atoms with Gasteiger partial charge in [0.1, 0.15) is 9.84 Å². The van der Waals surface area contributed by atoms with E-state index in [-0.39, 0.29) is 5.75 Å². The molecule has 1 aliphatic rings. The molecule has 0 aliphatic heterocycles. The van der Waals surface area contributed by atoms with Crippen LogP contribution >= 0.6 is 15.9 Å². The lowest BCUT2D eigenvalue weighted by molar-refractivity contribution is 0.210. The third-order valence-electron chi connectivity index (χ3n) is 3.03. The largest absolute Gasteiger partial charge is 0.301 e. The number of rotatable bonds is 4. The summed E-state index contributed by atoms with van der Waals surface area (Å²) in [5.41, 5.74) is 0. The van der Waals surface area contributed by atoms with Crippen molar-refractivity contribution in [2.45, 2.75) is 36.6 Å². The highest BCUT2D eigenvalue weighted by Crippen LogP contribution is 2.27. The topological polar surface area (TPSA) is 37.4 Å². The zero-order chi connectivity index (χ0) is 11.5. The fourth-order valence-corrected chi connectivity index (χ4v) is 3.65. The molecular formula is C10H20BrNO2S. The Morgan fingerprint density at radius 3 is 2.47 bits per heavy atom. The molecule has 0 saturated heterocycles. The molecule has 0 aromatic carbocycles. The van der Waals surface area contributed by atoms with Gasteiger partial charge in [-0.1, -0.05) is 28.8 Å². The summed E-state index contributed by atoms with van der Waals surface area (Å²) in [5, 5.41) is 0. The molecule has 1 aliphatic carbocycles. The van der Waals surface area contributed by atoms with Gasteiger partial charge in [0.2, 0.25) is 0 Å². The van der Waals surface area contributed by atoms with Crippen LogP contribution in [0.1, 0.15) is 25.7 Å². The average molecular weight is 298 g/mol. The highest BCUT2D eigenvalue weighted by atomic mass is 79.9. The van der Waals surface area contributed by atoms with Crippen molar-refractivity contribution in [1.29, 1.82) is 0 Å². The second-order valence-electron chi connectivity index (χ2n) is 4.48. The van der Waals surface area contributed by atoms with E-state index in [2.05, 4.69) is 20.8 Å². The van der Waals surface area contributed by atoms with E-state index < -0.39 is 9.84 Å². The Labute approximate surface area is 101 Å². The van der Waals surface area contributed by atoms with Gasteiger partial charge in [0, 0.05) is 23.7 Å². The molecule has 0 amide bonds. The summed E-state index contributed by atoms with van der Waals surface area (Å²) in [6.07, 6.45) is 6.22. The number of sulfone groups is 1. The van der Waals surface area contributed by atoms with Crippen molar-refractivity contribution >= 4 is 25.8 Å². The monoisotopic (exact) mass is 297 g/mol. The molecule has 15 heavy (non-hydrogen) atoms. The summed E-state index contributed by atoms with van der Waals surface area (Å²) in [4.78, 5) is 2.70. The second kappa shape index (κ2) is 5.64. The summed E-state index contributed by atoms with van der Waals surface area (Å²) in [5.74, 6) is 0.264. The lowest BCUT2D eigenvalue weighted by Gasteiger charge is -2.35. The molecule has 0 bridgehead atoms. The average Bonchev–Trinajstić information content (AvgIpc) is 2.14. The fourth-order valence-electron chi connectivity index (χ4n) is 2.04. The first-order valence-electron chi connectivity index (χ1n) is 5.42. The maximum Gasteiger partial charge on any atom is 0.148 e. The Morgan fingerprint density at radius 2 is 1.93 bits per heavy atom. The first-order valence-corrected chi connectivity index (χ1v) is 8.40. The van der Waals surface area contributed by atoms with Crippen molar-refractivity contribution in [3.05, 3.63) is 0 Å². The molecule has 1 rings (SSSR count). The highest BCUT2D eigenvalue weighted by molar-refractivity contribution is 9.09. The molecule has 2 atom stereocenters. The van der Waals surface area contributed by atoms with Gasteiger partial charge in [-0.05, 0) is 19.9 Å². The lowest BCUT2D eigenvalue weighted by Crippen LogP contribution is -2.42. The van der Waals surface area contributed by atoms with Gasteiger partial charge in [0.25, 0.3) is 0 Å². The molecule has 90 valence electrons. The summed E-state index contributed by atoms with van der Waals surface area (Å²) in [7, 11) is -0.809. The van der Waals surface area contributed by atoms with Gasteiger partial charge >= 0.3 is 0 Å². The van der Waals surface area contributed by atoms with Crippen molar-refractivity contribution in [1.82, 2.24) is 4.90 Å². The molecule has 3 nitrogen and oxygen atoms in total. The quantitative estimate of drug-likeness (QED) is 0.741. The van der Waals surface area contributed by atoms with Gasteiger partial charge in [0.15, 0.2) is 0 Å². The van der Waals surface area contributed by atoms with Crippen molar-refractivity contribution < 1.29 is 8.42 Å². The van der Waals surface area contributed by atoms with Crippen molar-refractivity contribution in [3.63, 3.8) is 0 Å². The fraction of sp³-hybridized carbons (Fsp3) is 1.00. The molecule has 0 spiro atoms. The Morgan fingerprint density at radius 1 is 1.33 bits per heavy atom. The van der Waals surface area contributed by atoms with Crippen LogP contribution in [-0.4, -0.2) is 49.8 Å². The van der Waals surface area contributed by atoms with Crippen LogP contribution in [0.2, 0.25) is 0 Å². The van der Waals surface area contributed by atoms with Crippen LogP contribution in [0.3, 0.4) is 0 Å². The van der Waals surface area contributed by atoms with E-state index in [1.54, 1.807) is 0 Å². The van der Waals surface area contributed by atoms with Crippen LogP contribution < -0.4 is 0 Å². The van der Waals surface area contributed by atoms with Gasteiger partial charge in [-0.25, -0.2) is 8.42 Å². The second-order valence-corrected chi connectivity index (χ2v) is 7.91. The van der Waals surface area contributed by atoms with E-state index in [1.165, 1.54) is 31.9 Å². The molecule has 1 saturated carbocycles. The molecule has 2 unspecified atom stereocenters. The van der Waals surface area contributed by atoms with E-state index in [0.717, 1.165) is 0 Å². The summed E-state index contributed by atoms with van der Waals surface area (Å²) < 4.78 is 22.1. The van der Waals surface area contributed by atoms with E-state index >= 15 is 0 Å². The summed E-state index contributed by atoms with van der Waals surface area (Å²) in [6, 6.07) is 0.500. The van der Waals surface area contributed by atoms with E-state index in [1.807, 2.05) is 7.05 Å². The van der Waals surface area contributed by atoms with Crippen LogP contribution in [0.25, 0.3) is 0 Å². The van der Waals surface area contributed by atoms with Gasteiger partial charge in [-0.15, -0.1) is 0 Å². The minimum Gasteiger partial charge on any atom is -0.301 e. The molecule has 0 N–H and O–H groups in total. The van der Waals surface area contributed by atoms with Gasteiger partial charge in [-0.3, -0.25) is 0 Å². The maximum absolute atomic E-state index is 11.1. The Kier molecular flexibility index (Phi) is 5.06. The van der Waals surface area contributed by atoms with Gasteiger partial charge < -0.3 is 4.90 Å². The Bertz CT molecular complexity index is 292. The lowest BCUT2D eigenvalue weighted by atomic mass is 9.94. The predicted molar refractivity (Wildman–Crippen MR) is 67.3 cm³/mol. The highest BCUT2D eigenvalue weighted by Gasteiger charge is 2.26. The molecule has 1 fully saturated rings. The predicted octanol–water partition coefficient (Wildman–Crippen LogP) is 1.67. The molecule has 0 aromatic heterocycles. The van der Waals surface area contributed by atoms with E-state index in [9.17, 15) is 8.42 Å². The number of hydrogen-bond donors (Lipinski definition) is 0. The first-order chi connectivity index (χ1) is 6.90. The van der Waals surface area contributed by atoms with Crippen molar-refractivity contribution in [3.8, 4) is 0 Å².